The maximum absolute atomic E-state index is 12.8. The lowest BCUT2D eigenvalue weighted by atomic mass is 10.1. The maximum atomic E-state index is 12.8. The number of amides is 2. The monoisotopic (exact) mass is 372 g/mol. The van der Waals surface area contributed by atoms with E-state index in [2.05, 4.69) is 10.2 Å². The normalized spacial score (nSPS) is 20.9. The van der Waals surface area contributed by atoms with Crippen molar-refractivity contribution in [3.63, 3.8) is 0 Å². The lowest BCUT2D eigenvalue weighted by Gasteiger charge is -2.32. The highest BCUT2D eigenvalue weighted by molar-refractivity contribution is 5.94. The van der Waals surface area contributed by atoms with Gasteiger partial charge in [0.2, 0.25) is 5.91 Å². The molecule has 2 aliphatic rings. The number of nitrogens with one attached hydrogen (secondary N) is 1. The Labute approximate surface area is 162 Å². The first-order valence-electron chi connectivity index (χ1n) is 10.0. The Bertz CT molecular complexity index is 653. The molecule has 2 saturated heterocycles. The zero-order valence-electron chi connectivity index (χ0n) is 16.8. The van der Waals surface area contributed by atoms with E-state index in [4.69, 9.17) is 0 Å². The number of nitrogens with zero attached hydrogens (tertiary/aromatic N) is 3. The minimum Gasteiger partial charge on any atom is -0.341 e. The average molecular weight is 373 g/mol. The van der Waals surface area contributed by atoms with Crippen molar-refractivity contribution in [2.45, 2.75) is 32.9 Å². The second-order valence-electron chi connectivity index (χ2n) is 8.03. The molecule has 2 amide bonds. The topological polar surface area (TPSA) is 55.9 Å². The quantitative estimate of drug-likeness (QED) is 0.849. The van der Waals surface area contributed by atoms with Crippen LogP contribution in [-0.4, -0.2) is 78.9 Å². The predicted octanol–water partition coefficient (Wildman–Crippen LogP) is 1.42. The molecule has 2 aliphatic heterocycles. The van der Waals surface area contributed by atoms with Gasteiger partial charge in [0.15, 0.2) is 0 Å². The number of rotatable bonds is 5. The Morgan fingerprint density at radius 3 is 2.44 bits per heavy atom. The molecule has 3 rings (SSSR count). The van der Waals surface area contributed by atoms with E-state index in [0.29, 0.717) is 12.6 Å². The molecule has 0 bridgehead atoms. The van der Waals surface area contributed by atoms with Gasteiger partial charge in [-0.2, -0.15) is 0 Å². The third-order valence-electron chi connectivity index (χ3n) is 5.61. The summed E-state index contributed by atoms with van der Waals surface area (Å²) in [7, 11) is 1.82. The van der Waals surface area contributed by atoms with Gasteiger partial charge in [0.1, 0.15) is 0 Å². The Kier molecular flexibility index (Phi) is 6.50. The fourth-order valence-corrected chi connectivity index (χ4v) is 4.00. The zero-order valence-corrected chi connectivity index (χ0v) is 16.8. The van der Waals surface area contributed by atoms with Crippen molar-refractivity contribution >= 4 is 11.8 Å². The van der Waals surface area contributed by atoms with Crippen LogP contribution in [-0.2, 0) is 11.3 Å². The van der Waals surface area contributed by atoms with E-state index in [1.54, 1.807) is 4.90 Å². The van der Waals surface area contributed by atoms with Crippen LogP contribution in [0.15, 0.2) is 24.3 Å². The lowest BCUT2D eigenvalue weighted by Crippen LogP contribution is -2.49. The molecule has 0 radical (unpaired) electrons. The van der Waals surface area contributed by atoms with E-state index >= 15 is 0 Å². The van der Waals surface area contributed by atoms with Crippen molar-refractivity contribution in [3.8, 4) is 0 Å². The van der Waals surface area contributed by atoms with Gasteiger partial charge < -0.3 is 15.1 Å². The Morgan fingerprint density at radius 1 is 1.15 bits per heavy atom. The highest BCUT2D eigenvalue weighted by atomic mass is 16.2. The second kappa shape index (κ2) is 8.85. The molecule has 148 valence electrons. The first-order valence-corrected chi connectivity index (χ1v) is 10.0. The van der Waals surface area contributed by atoms with Gasteiger partial charge in [0.25, 0.3) is 5.91 Å². The number of benzene rings is 1. The van der Waals surface area contributed by atoms with Crippen LogP contribution in [0.3, 0.4) is 0 Å². The zero-order chi connectivity index (χ0) is 19.4. The maximum Gasteiger partial charge on any atom is 0.253 e. The van der Waals surface area contributed by atoms with E-state index < -0.39 is 0 Å². The van der Waals surface area contributed by atoms with Gasteiger partial charge in [-0.1, -0.05) is 26.0 Å². The summed E-state index contributed by atoms with van der Waals surface area (Å²) in [6.45, 7) is 10.3. The first kappa shape index (κ1) is 19.8. The van der Waals surface area contributed by atoms with Crippen LogP contribution < -0.4 is 5.32 Å². The molecule has 0 spiro atoms. The van der Waals surface area contributed by atoms with Gasteiger partial charge in [-0.25, -0.2) is 0 Å². The molecule has 1 aromatic carbocycles. The fraction of sp³-hybridized carbons (Fsp3) is 0.619. The minimum atomic E-state index is -0.00495. The van der Waals surface area contributed by atoms with Gasteiger partial charge in [-0.05, 0) is 24.1 Å². The van der Waals surface area contributed by atoms with Crippen molar-refractivity contribution in [2.75, 3.05) is 46.3 Å². The van der Waals surface area contributed by atoms with Crippen molar-refractivity contribution in [1.82, 2.24) is 20.0 Å². The minimum absolute atomic E-state index is 0.00495. The smallest absolute Gasteiger partial charge is 0.253 e. The predicted molar refractivity (Wildman–Crippen MR) is 107 cm³/mol. The lowest BCUT2D eigenvalue weighted by molar-refractivity contribution is -0.133. The molecular formula is C21H32N4O2. The molecular weight excluding hydrogens is 340 g/mol. The summed E-state index contributed by atoms with van der Waals surface area (Å²) in [5.41, 5.74) is 1.78. The van der Waals surface area contributed by atoms with E-state index in [1.165, 1.54) is 0 Å². The molecule has 0 saturated carbocycles. The fourth-order valence-electron chi connectivity index (χ4n) is 4.00. The molecule has 1 N–H and O–H groups in total. The van der Waals surface area contributed by atoms with E-state index in [0.717, 1.165) is 56.8 Å². The summed E-state index contributed by atoms with van der Waals surface area (Å²) in [6.07, 6.45) is 1.06. The molecule has 2 heterocycles. The third-order valence-corrected chi connectivity index (χ3v) is 5.61. The highest BCUT2D eigenvalue weighted by Gasteiger charge is 2.31. The number of hydrogen-bond acceptors (Lipinski definition) is 4. The van der Waals surface area contributed by atoms with Crippen LogP contribution in [0.1, 0.15) is 36.2 Å². The van der Waals surface area contributed by atoms with Crippen LogP contribution >= 0.6 is 0 Å². The van der Waals surface area contributed by atoms with Crippen molar-refractivity contribution in [2.24, 2.45) is 5.92 Å². The number of piperazine rings is 1. The van der Waals surface area contributed by atoms with Gasteiger partial charge >= 0.3 is 0 Å². The van der Waals surface area contributed by atoms with Gasteiger partial charge in [0.05, 0.1) is 0 Å². The van der Waals surface area contributed by atoms with Gasteiger partial charge in [0, 0.05) is 70.4 Å². The van der Waals surface area contributed by atoms with Crippen LogP contribution in [0.2, 0.25) is 0 Å². The van der Waals surface area contributed by atoms with Gasteiger partial charge in [-0.3, -0.25) is 14.5 Å². The molecule has 6 nitrogen and oxygen atoms in total. The standard InChI is InChI=1S/C21H32N4O2/c1-16(2)20(26)23(3)14-17-4-6-18(7-5-17)21(27)25-11-8-19(15-25)24-12-9-22-10-13-24/h4-7,16,19,22H,8-15H2,1-3H3. The largest absolute Gasteiger partial charge is 0.341 e. The molecule has 6 heteroatoms. The first-order chi connectivity index (χ1) is 13.0. The Morgan fingerprint density at radius 2 is 1.81 bits per heavy atom. The summed E-state index contributed by atoms with van der Waals surface area (Å²) in [5.74, 6) is 0.242. The van der Waals surface area contributed by atoms with E-state index in [-0.39, 0.29) is 17.7 Å². The van der Waals surface area contributed by atoms with Crippen molar-refractivity contribution in [3.05, 3.63) is 35.4 Å². The molecule has 1 aromatic rings. The Balaban J connectivity index is 1.55. The van der Waals surface area contributed by atoms with Crippen molar-refractivity contribution in [1.29, 1.82) is 0 Å². The third kappa shape index (κ3) is 4.87. The summed E-state index contributed by atoms with van der Waals surface area (Å²) in [4.78, 5) is 31.1. The molecule has 0 aromatic heterocycles. The SMILES string of the molecule is CC(C)C(=O)N(C)Cc1ccc(C(=O)N2CCC(N3CCNCC3)C2)cc1. The molecule has 1 unspecified atom stereocenters. The van der Waals surface area contributed by atoms with Crippen LogP contribution in [0.5, 0.6) is 0 Å². The summed E-state index contributed by atoms with van der Waals surface area (Å²) in [5, 5.41) is 3.38. The van der Waals surface area contributed by atoms with Crippen LogP contribution in [0.4, 0.5) is 0 Å². The molecule has 0 aliphatic carbocycles. The van der Waals surface area contributed by atoms with E-state index in [9.17, 15) is 9.59 Å². The van der Waals surface area contributed by atoms with Crippen molar-refractivity contribution < 1.29 is 9.59 Å². The van der Waals surface area contributed by atoms with E-state index in [1.807, 2.05) is 50.1 Å². The number of likely N-dealkylation sites (tertiary alicyclic amines) is 1. The summed E-state index contributed by atoms with van der Waals surface area (Å²) < 4.78 is 0. The number of carbonyl (C=O) groups is 2. The summed E-state index contributed by atoms with van der Waals surface area (Å²) in [6, 6.07) is 8.20. The molecule has 27 heavy (non-hydrogen) atoms. The second-order valence-corrected chi connectivity index (χ2v) is 8.03. The van der Waals surface area contributed by atoms with Crippen LogP contribution in [0.25, 0.3) is 0 Å². The van der Waals surface area contributed by atoms with Gasteiger partial charge in [-0.15, -0.1) is 0 Å². The number of carbonyl (C=O) groups excluding carboxylic acids is 2. The molecule has 1 atom stereocenters. The van der Waals surface area contributed by atoms with Crippen LogP contribution in [0, 0.1) is 5.92 Å². The average Bonchev–Trinajstić information content (AvgIpc) is 3.18. The Hall–Kier alpha value is -1.92. The highest BCUT2D eigenvalue weighted by Crippen LogP contribution is 2.19. The molecule has 2 fully saturated rings. The summed E-state index contributed by atoms with van der Waals surface area (Å²) >= 11 is 0. The number of hydrogen-bond donors (Lipinski definition) is 1.